The number of carbonyl (C=O) groups is 1. The molecule has 1 aliphatic rings. The first kappa shape index (κ1) is 14.1. The van der Waals surface area contributed by atoms with Gasteiger partial charge in [0.25, 0.3) is 0 Å². The van der Waals surface area contributed by atoms with Crippen molar-refractivity contribution in [3.63, 3.8) is 0 Å². The van der Waals surface area contributed by atoms with E-state index in [0.717, 1.165) is 12.8 Å². The summed E-state index contributed by atoms with van der Waals surface area (Å²) < 4.78 is 5.44. The van der Waals surface area contributed by atoms with Gasteiger partial charge in [-0.15, -0.1) is 6.58 Å². The fourth-order valence-corrected chi connectivity index (χ4v) is 2.23. The third-order valence-electron chi connectivity index (χ3n) is 2.97. The van der Waals surface area contributed by atoms with Crippen molar-refractivity contribution in [3.8, 4) is 0 Å². The van der Waals surface area contributed by atoms with Crippen LogP contribution >= 0.6 is 0 Å². The standard InChI is InChI=1S/C14H25NO2/c1-5-11-15(12-9-7-6-8-10-12)13(16)17-14(2,3)4/h5,12H,1,6-11H2,2-4H3. The van der Waals surface area contributed by atoms with Crippen molar-refractivity contribution in [3.05, 3.63) is 12.7 Å². The van der Waals surface area contributed by atoms with Gasteiger partial charge in [-0.2, -0.15) is 0 Å². The van der Waals surface area contributed by atoms with Crippen LogP contribution < -0.4 is 0 Å². The number of hydrogen-bond donors (Lipinski definition) is 0. The highest BCUT2D eigenvalue weighted by Crippen LogP contribution is 2.24. The Morgan fingerprint density at radius 1 is 1.35 bits per heavy atom. The highest BCUT2D eigenvalue weighted by Gasteiger charge is 2.28. The molecular formula is C14H25NO2. The maximum absolute atomic E-state index is 12.1. The quantitative estimate of drug-likeness (QED) is 0.702. The molecule has 1 rings (SSSR count). The van der Waals surface area contributed by atoms with Crippen molar-refractivity contribution in [1.29, 1.82) is 0 Å². The molecule has 1 amide bonds. The Balaban J connectivity index is 2.63. The molecule has 0 aromatic rings. The Morgan fingerprint density at radius 2 is 1.94 bits per heavy atom. The molecule has 1 saturated carbocycles. The number of hydrogen-bond acceptors (Lipinski definition) is 2. The Kier molecular flexibility index (Phi) is 5.03. The molecule has 0 heterocycles. The summed E-state index contributed by atoms with van der Waals surface area (Å²) in [6, 6.07) is 0.330. The van der Waals surface area contributed by atoms with Crippen LogP contribution in [-0.4, -0.2) is 29.2 Å². The zero-order chi connectivity index (χ0) is 12.9. The van der Waals surface area contributed by atoms with Gasteiger partial charge in [-0.1, -0.05) is 25.3 Å². The molecule has 0 saturated heterocycles. The lowest BCUT2D eigenvalue weighted by molar-refractivity contribution is 0.0151. The monoisotopic (exact) mass is 239 g/mol. The second-order valence-electron chi connectivity index (χ2n) is 5.71. The SMILES string of the molecule is C=CCN(C(=O)OC(C)(C)C)C1CCCCC1. The molecule has 98 valence electrons. The van der Waals surface area contributed by atoms with Gasteiger partial charge in [-0.05, 0) is 33.6 Å². The van der Waals surface area contributed by atoms with E-state index in [2.05, 4.69) is 6.58 Å². The van der Waals surface area contributed by atoms with E-state index in [-0.39, 0.29) is 6.09 Å². The molecule has 0 unspecified atom stereocenters. The molecule has 0 radical (unpaired) electrons. The van der Waals surface area contributed by atoms with Gasteiger partial charge >= 0.3 is 6.09 Å². The normalized spacial score (nSPS) is 17.6. The molecule has 1 fully saturated rings. The molecule has 0 atom stereocenters. The molecule has 0 bridgehead atoms. The lowest BCUT2D eigenvalue weighted by Gasteiger charge is -2.34. The van der Waals surface area contributed by atoms with E-state index in [1.807, 2.05) is 25.7 Å². The lowest BCUT2D eigenvalue weighted by atomic mass is 9.94. The van der Waals surface area contributed by atoms with Gasteiger partial charge in [0.05, 0.1) is 0 Å². The van der Waals surface area contributed by atoms with Crippen molar-refractivity contribution in [2.45, 2.75) is 64.5 Å². The maximum atomic E-state index is 12.1. The molecule has 0 spiro atoms. The van der Waals surface area contributed by atoms with E-state index in [1.165, 1.54) is 19.3 Å². The summed E-state index contributed by atoms with van der Waals surface area (Å²) in [7, 11) is 0. The minimum absolute atomic E-state index is 0.204. The van der Waals surface area contributed by atoms with Gasteiger partial charge in [0.2, 0.25) is 0 Å². The summed E-state index contributed by atoms with van der Waals surface area (Å²) in [6.45, 7) is 10.0. The van der Waals surface area contributed by atoms with E-state index < -0.39 is 5.60 Å². The number of carbonyl (C=O) groups excluding carboxylic acids is 1. The Bertz CT molecular complexity index is 262. The molecule has 0 aliphatic heterocycles. The molecule has 0 aromatic carbocycles. The molecule has 17 heavy (non-hydrogen) atoms. The van der Waals surface area contributed by atoms with Crippen LogP contribution in [0, 0.1) is 0 Å². The van der Waals surface area contributed by atoms with Gasteiger partial charge < -0.3 is 9.64 Å². The lowest BCUT2D eigenvalue weighted by Crippen LogP contribution is -2.44. The third kappa shape index (κ3) is 4.80. The van der Waals surface area contributed by atoms with Crippen molar-refractivity contribution < 1.29 is 9.53 Å². The van der Waals surface area contributed by atoms with Gasteiger partial charge in [0.15, 0.2) is 0 Å². The second-order valence-corrected chi connectivity index (χ2v) is 5.71. The van der Waals surface area contributed by atoms with Crippen molar-refractivity contribution in [2.24, 2.45) is 0 Å². The third-order valence-corrected chi connectivity index (χ3v) is 2.97. The van der Waals surface area contributed by atoms with Crippen molar-refractivity contribution in [1.82, 2.24) is 4.90 Å². The maximum Gasteiger partial charge on any atom is 0.410 e. The van der Waals surface area contributed by atoms with Crippen LogP contribution in [0.25, 0.3) is 0 Å². The Hall–Kier alpha value is -0.990. The second kappa shape index (κ2) is 6.08. The zero-order valence-electron chi connectivity index (χ0n) is 11.4. The minimum Gasteiger partial charge on any atom is -0.444 e. The summed E-state index contributed by atoms with van der Waals surface area (Å²) in [6.07, 6.45) is 7.46. The predicted octanol–water partition coefficient (Wildman–Crippen LogP) is 3.74. The van der Waals surface area contributed by atoms with E-state index in [4.69, 9.17) is 4.74 Å². The van der Waals surface area contributed by atoms with Crippen molar-refractivity contribution in [2.75, 3.05) is 6.54 Å². The van der Waals surface area contributed by atoms with Crippen LogP contribution in [0.2, 0.25) is 0 Å². The predicted molar refractivity (Wildman–Crippen MR) is 70.0 cm³/mol. The first-order valence-corrected chi connectivity index (χ1v) is 6.54. The topological polar surface area (TPSA) is 29.5 Å². The number of nitrogens with zero attached hydrogens (tertiary/aromatic N) is 1. The molecule has 3 nitrogen and oxygen atoms in total. The number of ether oxygens (including phenoxy) is 1. The minimum atomic E-state index is -0.425. The van der Waals surface area contributed by atoms with E-state index in [9.17, 15) is 4.79 Å². The average Bonchev–Trinajstić information content (AvgIpc) is 2.24. The van der Waals surface area contributed by atoms with Gasteiger partial charge in [0, 0.05) is 12.6 Å². The molecule has 3 heteroatoms. The number of rotatable bonds is 3. The first-order valence-electron chi connectivity index (χ1n) is 6.54. The van der Waals surface area contributed by atoms with Gasteiger partial charge in [-0.25, -0.2) is 4.79 Å². The van der Waals surface area contributed by atoms with Crippen LogP contribution in [0.5, 0.6) is 0 Å². The van der Waals surface area contributed by atoms with E-state index in [0.29, 0.717) is 12.6 Å². The van der Waals surface area contributed by atoms with Crippen LogP contribution in [0.1, 0.15) is 52.9 Å². The smallest absolute Gasteiger partial charge is 0.410 e. The van der Waals surface area contributed by atoms with Gasteiger partial charge in [0.1, 0.15) is 5.60 Å². The summed E-state index contributed by atoms with van der Waals surface area (Å²) in [5, 5.41) is 0. The Labute approximate surface area is 105 Å². The molecule has 0 aromatic heterocycles. The fraction of sp³-hybridized carbons (Fsp3) is 0.786. The zero-order valence-corrected chi connectivity index (χ0v) is 11.4. The van der Waals surface area contributed by atoms with E-state index >= 15 is 0 Å². The summed E-state index contributed by atoms with van der Waals surface area (Å²) in [5.74, 6) is 0. The van der Waals surface area contributed by atoms with Crippen LogP contribution in [-0.2, 0) is 4.74 Å². The average molecular weight is 239 g/mol. The summed E-state index contributed by atoms with van der Waals surface area (Å²) in [5.41, 5.74) is -0.425. The largest absolute Gasteiger partial charge is 0.444 e. The first-order chi connectivity index (χ1) is 7.94. The highest BCUT2D eigenvalue weighted by molar-refractivity contribution is 5.68. The fourth-order valence-electron chi connectivity index (χ4n) is 2.23. The molecular weight excluding hydrogens is 214 g/mol. The number of amides is 1. The van der Waals surface area contributed by atoms with Crippen molar-refractivity contribution >= 4 is 6.09 Å². The highest BCUT2D eigenvalue weighted by atomic mass is 16.6. The molecule has 0 N–H and O–H groups in total. The van der Waals surface area contributed by atoms with Crippen LogP contribution in [0.4, 0.5) is 4.79 Å². The Morgan fingerprint density at radius 3 is 2.41 bits per heavy atom. The van der Waals surface area contributed by atoms with E-state index in [1.54, 1.807) is 6.08 Å². The summed E-state index contributed by atoms with van der Waals surface area (Å²) >= 11 is 0. The summed E-state index contributed by atoms with van der Waals surface area (Å²) in [4.78, 5) is 13.9. The van der Waals surface area contributed by atoms with Crippen LogP contribution in [0.15, 0.2) is 12.7 Å². The molecule has 1 aliphatic carbocycles. The van der Waals surface area contributed by atoms with Crippen LogP contribution in [0.3, 0.4) is 0 Å². The van der Waals surface area contributed by atoms with Gasteiger partial charge in [-0.3, -0.25) is 0 Å².